The summed E-state index contributed by atoms with van der Waals surface area (Å²) in [4.78, 5) is 4.29. The van der Waals surface area contributed by atoms with Crippen LogP contribution in [0.15, 0.2) is 47.7 Å². The van der Waals surface area contributed by atoms with Gasteiger partial charge < -0.3 is 5.32 Å². The Balaban J connectivity index is 1.99. The van der Waals surface area contributed by atoms with E-state index in [2.05, 4.69) is 25.9 Å². The topological polar surface area (TPSA) is 91.1 Å². The Kier molecular flexibility index (Phi) is 3.72. The summed E-state index contributed by atoms with van der Waals surface area (Å²) >= 11 is 0. The van der Waals surface area contributed by atoms with Crippen molar-refractivity contribution in [3.05, 3.63) is 48.3 Å². The minimum Gasteiger partial charge on any atom is -0.325 e. The summed E-state index contributed by atoms with van der Waals surface area (Å²) in [6, 6.07) is 9.69. The summed E-state index contributed by atoms with van der Waals surface area (Å²) in [6.07, 6.45) is 3.51. The average molecular weight is 230 g/mol. The number of nitrogens with one attached hydrogen (secondary N) is 3. The first-order chi connectivity index (χ1) is 8.38. The minimum absolute atomic E-state index is 0.510. The summed E-state index contributed by atoms with van der Waals surface area (Å²) in [5.41, 5.74) is 4.44. The van der Waals surface area contributed by atoms with Gasteiger partial charge in [0.05, 0.1) is 12.7 Å². The molecule has 0 unspecified atom stereocenters. The quantitative estimate of drug-likeness (QED) is 0.272. The fourth-order valence-corrected chi connectivity index (χ4v) is 1.31. The van der Waals surface area contributed by atoms with Crippen LogP contribution < -0.4 is 16.6 Å². The molecule has 17 heavy (non-hydrogen) atoms. The Morgan fingerprint density at radius 3 is 2.82 bits per heavy atom. The zero-order chi connectivity index (χ0) is 11.9. The molecule has 2 rings (SSSR count). The third-order valence-electron chi connectivity index (χ3n) is 2.15. The number of rotatable bonds is 3. The monoisotopic (exact) mass is 230 g/mol. The lowest BCUT2D eigenvalue weighted by atomic mass is 10.3. The first kappa shape index (κ1) is 11.2. The van der Waals surface area contributed by atoms with Gasteiger partial charge in [-0.1, -0.05) is 18.2 Å². The van der Waals surface area contributed by atoms with Gasteiger partial charge in [0, 0.05) is 17.4 Å². The number of anilines is 1. The number of aliphatic imine (C=N–C) groups is 1. The predicted octanol–water partition coefficient (Wildman–Crippen LogP) is 0.841. The lowest BCUT2D eigenvalue weighted by Gasteiger charge is -2.08. The van der Waals surface area contributed by atoms with Gasteiger partial charge in [-0.3, -0.25) is 10.5 Å². The van der Waals surface area contributed by atoms with Crippen molar-refractivity contribution in [2.24, 2.45) is 10.8 Å². The molecular formula is C11H14N6. The van der Waals surface area contributed by atoms with Crippen molar-refractivity contribution in [3.8, 4) is 0 Å². The third-order valence-corrected chi connectivity index (χ3v) is 2.15. The van der Waals surface area contributed by atoms with E-state index in [4.69, 9.17) is 5.84 Å². The fraction of sp³-hybridized carbons (Fsp3) is 0.0909. The number of H-pyrrole nitrogens is 1. The molecule has 5 N–H and O–H groups in total. The second kappa shape index (κ2) is 5.66. The Hall–Kier alpha value is -2.34. The van der Waals surface area contributed by atoms with Gasteiger partial charge in [-0.05, 0) is 12.1 Å². The molecule has 1 heterocycles. The summed E-state index contributed by atoms with van der Waals surface area (Å²) in [6.45, 7) is 0.510. The van der Waals surface area contributed by atoms with Crippen LogP contribution in [0.4, 0.5) is 5.69 Å². The highest BCUT2D eigenvalue weighted by Crippen LogP contribution is 2.04. The highest BCUT2D eigenvalue weighted by molar-refractivity contribution is 5.93. The number of guanidine groups is 1. The van der Waals surface area contributed by atoms with Crippen LogP contribution >= 0.6 is 0 Å². The van der Waals surface area contributed by atoms with Gasteiger partial charge >= 0.3 is 0 Å². The van der Waals surface area contributed by atoms with E-state index in [1.807, 2.05) is 30.3 Å². The SMILES string of the molecule is NNC(=NCc1cn[nH]c1)Nc1ccccc1. The second-order valence-electron chi connectivity index (χ2n) is 3.41. The van der Waals surface area contributed by atoms with Gasteiger partial charge in [0.1, 0.15) is 0 Å². The molecule has 88 valence electrons. The molecule has 0 fully saturated rings. The van der Waals surface area contributed by atoms with E-state index in [1.165, 1.54) is 0 Å². The largest absolute Gasteiger partial charge is 0.325 e. The maximum atomic E-state index is 5.39. The van der Waals surface area contributed by atoms with Crippen LogP contribution in [0.2, 0.25) is 0 Å². The van der Waals surface area contributed by atoms with E-state index in [1.54, 1.807) is 12.4 Å². The number of hydrogen-bond acceptors (Lipinski definition) is 3. The molecule has 0 saturated carbocycles. The highest BCUT2D eigenvalue weighted by Gasteiger charge is 1.97. The number of hydrogen-bond donors (Lipinski definition) is 4. The Morgan fingerprint density at radius 1 is 1.35 bits per heavy atom. The van der Waals surface area contributed by atoms with Crippen molar-refractivity contribution in [2.75, 3.05) is 5.32 Å². The minimum atomic E-state index is 0.510. The van der Waals surface area contributed by atoms with Crippen molar-refractivity contribution in [1.82, 2.24) is 15.6 Å². The molecule has 0 aliphatic rings. The molecule has 6 nitrogen and oxygen atoms in total. The van der Waals surface area contributed by atoms with E-state index >= 15 is 0 Å². The molecule has 1 aromatic heterocycles. The normalized spacial score (nSPS) is 11.2. The van der Waals surface area contributed by atoms with E-state index in [0.717, 1.165) is 11.3 Å². The number of aromatic nitrogens is 2. The summed E-state index contributed by atoms with van der Waals surface area (Å²) in [5.74, 6) is 5.90. The molecule has 2 aromatic rings. The van der Waals surface area contributed by atoms with Crippen molar-refractivity contribution in [2.45, 2.75) is 6.54 Å². The summed E-state index contributed by atoms with van der Waals surface area (Å²) < 4.78 is 0. The molecule has 0 saturated heterocycles. The number of para-hydroxylation sites is 1. The van der Waals surface area contributed by atoms with Crippen LogP contribution in [-0.2, 0) is 6.54 Å². The van der Waals surface area contributed by atoms with Crippen LogP contribution in [0, 0.1) is 0 Å². The number of benzene rings is 1. The molecule has 6 heteroatoms. The summed E-state index contributed by atoms with van der Waals surface area (Å²) in [7, 11) is 0. The highest BCUT2D eigenvalue weighted by atomic mass is 15.3. The zero-order valence-corrected chi connectivity index (χ0v) is 9.22. The molecular weight excluding hydrogens is 216 g/mol. The van der Waals surface area contributed by atoms with Crippen LogP contribution in [0.3, 0.4) is 0 Å². The van der Waals surface area contributed by atoms with Crippen LogP contribution in [0.5, 0.6) is 0 Å². The predicted molar refractivity (Wildman–Crippen MR) is 67.1 cm³/mol. The van der Waals surface area contributed by atoms with E-state index in [-0.39, 0.29) is 0 Å². The Bertz CT molecular complexity index is 462. The molecule has 0 aliphatic carbocycles. The smallest absolute Gasteiger partial charge is 0.210 e. The van der Waals surface area contributed by atoms with Crippen LogP contribution in [0.1, 0.15) is 5.56 Å². The van der Waals surface area contributed by atoms with Crippen molar-refractivity contribution in [1.29, 1.82) is 0 Å². The molecule has 0 amide bonds. The number of aromatic amines is 1. The number of nitrogens with zero attached hydrogens (tertiary/aromatic N) is 2. The van der Waals surface area contributed by atoms with E-state index in [9.17, 15) is 0 Å². The van der Waals surface area contributed by atoms with Crippen LogP contribution in [-0.4, -0.2) is 16.2 Å². The molecule has 0 radical (unpaired) electrons. The first-order valence-corrected chi connectivity index (χ1v) is 5.19. The van der Waals surface area contributed by atoms with E-state index < -0.39 is 0 Å². The van der Waals surface area contributed by atoms with Gasteiger partial charge in [-0.25, -0.2) is 10.8 Å². The molecule has 0 spiro atoms. The Labute approximate surface area is 98.9 Å². The lowest BCUT2D eigenvalue weighted by molar-refractivity contribution is 0.969. The van der Waals surface area contributed by atoms with Crippen molar-refractivity contribution in [3.63, 3.8) is 0 Å². The van der Waals surface area contributed by atoms with Gasteiger partial charge in [-0.15, -0.1) is 0 Å². The van der Waals surface area contributed by atoms with Crippen molar-refractivity contribution < 1.29 is 0 Å². The van der Waals surface area contributed by atoms with E-state index in [0.29, 0.717) is 12.5 Å². The van der Waals surface area contributed by atoms with Gasteiger partial charge in [0.25, 0.3) is 0 Å². The lowest BCUT2D eigenvalue weighted by Crippen LogP contribution is -2.36. The third kappa shape index (κ3) is 3.32. The van der Waals surface area contributed by atoms with Crippen LogP contribution in [0.25, 0.3) is 0 Å². The molecule has 1 aromatic carbocycles. The fourth-order valence-electron chi connectivity index (χ4n) is 1.31. The molecule has 0 bridgehead atoms. The second-order valence-corrected chi connectivity index (χ2v) is 3.41. The summed E-state index contributed by atoms with van der Waals surface area (Å²) in [5, 5.41) is 9.65. The maximum absolute atomic E-state index is 5.39. The van der Waals surface area contributed by atoms with Gasteiger partial charge in [0.15, 0.2) is 0 Å². The standard InChI is InChI=1S/C11H14N6/c12-17-11(13-6-9-7-14-15-8-9)16-10-4-2-1-3-5-10/h1-5,7-8H,6,12H2,(H,14,15)(H2,13,16,17). The van der Waals surface area contributed by atoms with Crippen molar-refractivity contribution >= 4 is 11.6 Å². The van der Waals surface area contributed by atoms with Gasteiger partial charge in [-0.2, -0.15) is 5.10 Å². The maximum Gasteiger partial charge on any atom is 0.210 e. The number of hydrazine groups is 1. The zero-order valence-electron chi connectivity index (χ0n) is 9.22. The molecule has 0 aliphatic heterocycles. The first-order valence-electron chi connectivity index (χ1n) is 5.19. The van der Waals surface area contributed by atoms with Gasteiger partial charge in [0.2, 0.25) is 5.96 Å². The average Bonchev–Trinajstić information content (AvgIpc) is 2.89. The molecule has 0 atom stereocenters. The number of nitrogens with two attached hydrogens (primary N) is 1. The Morgan fingerprint density at radius 2 is 2.18 bits per heavy atom.